The monoisotopic (exact) mass is 364 g/mol. The zero-order valence-electron chi connectivity index (χ0n) is 15.0. The molecule has 5 heteroatoms. The Morgan fingerprint density at radius 3 is 1.72 bits per heavy atom. The van der Waals surface area contributed by atoms with E-state index in [2.05, 4.69) is 20.8 Å². The molecule has 0 bridgehead atoms. The quantitative estimate of drug-likeness (QED) is 0.761. The van der Waals surface area contributed by atoms with E-state index >= 15 is 0 Å². The molecule has 2 aromatic rings. The minimum Gasteiger partial charge on any atom is -0.407 e. The Morgan fingerprint density at radius 1 is 0.920 bits per heavy atom. The van der Waals surface area contributed by atoms with Crippen molar-refractivity contribution in [3.05, 3.63) is 60.7 Å². The van der Waals surface area contributed by atoms with E-state index in [1.165, 1.54) is 0 Å². The highest BCUT2D eigenvalue weighted by molar-refractivity contribution is 6.99. The van der Waals surface area contributed by atoms with Gasteiger partial charge < -0.3 is 9.53 Å². The Morgan fingerprint density at radius 2 is 1.36 bits per heavy atom. The molecule has 136 valence electrons. The van der Waals surface area contributed by atoms with E-state index in [0.29, 0.717) is 0 Å². The summed E-state index contributed by atoms with van der Waals surface area (Å²) in [5.41, 5.74) is 0. The number of hydrogen-bond donors (Lipinski definition) is 1. The van der Waals surface area contributed by atoms with Crippen LogP contribution in [-0.2, 0) is 4.43 Å². The number of aliphatic hydroxyl groups excluding tert-OH is 1. The van der Waals surface area contributed by atoms with E-state index in [4.69, 9.17) is 4.43 Å². The number of alkyl halides is 2. The molecule has 1 unspecified atom stereocenters. The van der Waals surface area contributed by atoms with E-state index in [1.807, 2.05) is 60.7 Å². The van der Waals surface area contributed by atoms with Gasteiger partial charge in [-0.05, 0) is 15.4 Å². The van der Waals surface area contributed by atoms with Crippen molar-refractivity contribution in [2.45, 2.75) is 44.8 Å². The fourth-order valence-corrected chi connectivity index (χ4v) is 7.80. The van der Waals surface area contributed by atoms with Crippen LogP contribution < -0.4 is 10.4 Å². The maximum absolute atomic E-state index is 12.6. The van der Waals surface area contributed by atoms with Gasteiger partial charge in [0.25, 0.3) is 14.7 Å². The lowest BCUT2D eigenvalue weighted by atomic mass is 10.2. The van der Waals surface area contributed by atoms with Crippen molar-refractivity contribution < 1.29 is 18.3 Å². The number of aliphatic hydroxyl groups is 1. The summed E-state index contributed by atoms with van der Waals surface area (Å²) in [5, 5.41) is 11.4. The zero-order chi connectivity index (χ0) is 18.5. The van der Waals surface area contributed by atoms with E-state index in [1.54, 1.807) is 0 Å². The van der Waals surface area contributed by atoms with Crippen LogP contribution in [0.3, 0.4) is 0 Å². The van der Waals surface area contributed by atoms with Crippen molar-refractivity contribution in [2.24, 2.45) is 0 Å². The van der Waals surface area contributed by atoms with E-state index in [9.17, 15) is 13.9 Å². The second kappa shape index (κ2) is 8.21. The molecular weight excluding hydrogens is 338 g/mol. The minimum absolute atomic E-state index is 0.0812. The van der Waals surface area contributed by atoms with Gasteiger partial charge in [-0.25, -0.2) is 8.78 Å². The Balaban J connectivity index is 2.46. The molecule has 0 spiro atoms. The summed E-state index contributed by atoms with van der Waals surface area (Å²) in [4.78, 5) is 0. The highest BCUT2D eigenvalue weighted by Crippen LogP contribution is 2.36. The Bertz CT molecular complexity index is 602. The molecule has 0 aliphatic rings. The van der Waals surface area contributed by atoms with Gasteiger partial charge in [-0.15, -0.1) is 0 Å². The zero-order valence-corrected chi connectivity index (χ0v) is 16.0. The van der Waals surface area contributed by atoms with Crippen LogP contribution in [0.5, 0.6) is 0 Å². The molecule has 0 heterocycles. The summed E-state index contributed by atoms with van der Waals surface area (Å²) in [6.45, 7) is 6.48. The molecule has 2 nitrogen and oxygen atoms in total. The molecule has 0 aliphatic heterocycles. The second-order valence-corrected chi connectivity index (χ2v) is 11.5. The standard InChI is InChI=1S/C20H26F2O2Si/c1-20(2,3)25(16-10-6-4-7-11-16,17-12-8-5-9-13-17)24-15-14-18(23)19(21)22/h4-13,18-19,23H,14-15H2,1-3H3. The first-order chi connectivity index (χ1) is 11.8. The topological polar surface area (TPSA) is 29.5 Å². The largest absolute Gasteiger partial charge is 0.407 e. The van der Waals surface area contributed by atoms with Crippen molar-refractivity contribution in [1.82, 2.24) is 0 Å². The maximum atomic E-state index is 12.6. The highest BCUT2D eigenvalue weighted by Gasteiger charge is 2.50. The predicted octanol–water partition coefficient (Wildman–Crippen LogP) is 3.58. The first-order valence-electron chi connectivity index (χ1n) is 8.50. The van der Waals surface area contributed by atoms with Crippen LogP contribution in [0.4, 0.5) is 8.78 Å². The lowest BCUT2D eigenvalue weighted by Crippen LogP contribution is -2.66. The first-order valence-corrected chi connectivity index (χ1v) is 10.4. The Kier molecular flexibility index (Phi) is 6.49. The van der Waals surface area contributed by atoms with Crippen molar-refractivity contribution in [3.8, 4) is 0 Å². The van der Waals surface area contributed by atoms with E-state index in [-0.39, 0.29) is 18.1 Å². The summed E-state index contributed by atoms with van der Waals surface area (Å²) < 4.78 is 31.7. The van der Waals surface area contributed by atoms with Crippen LogP contribution in [0, 0.1) is 0 Å². The van der Waals surface area contributed by atoms with Crippen LogP contribution in [0.2, 0.25) is 5.04 Å². The van der Waals surface area contributed by atoms with Gasteiger partial charge in [0.05, 0.1) is 0 Å². The van der Waals surface area contributed by atoms with Gasteiger partial charge in [-0.2, -0.15) is 0 Å². The second-order valence-electron chi connectivity index (χ2n) is 7.20. The molecule has 0 aromatic heterocycles. The maximum Gasteiger partial charge on any atom is 0.264 e. The van der Waals surface area contributed by atoms with Crippen LogP contribution in [0.1, 0.15) is 27.2 Å². The molecule has 0 radical (unpaired) electrons. The molecule has 0 aliphatic carbocycles. The summed E-state index contributed by atoms with van der Waals surface area (Å²) >= 11 is 0. The highest BCUT2D eigenvalue weighted by atomic mass is 28.4. The van der Waals surface area contributed by atoms with Gasteiger partial charge in [-0.1, -0.05) is 81.4 Å². The summed E-state index contributed by atoms with van der Waals surface area (Å²) in [6, 6.07) is 20.0. The van der Waals surface area contributed by atoms with E-state index in [0.717, 1.165) is 10.4 Å². The predicted molar refractivity (Wildman–Crippen MR) is 100 cm³/mol. The molecular formula is C20H26F2O2Si. The normalized spacial score (nSPS) is 13.9. The van der Waals surface area contributed by atoms with Gasteiger partial charge in [-0.3, -0.25) is 0 Å². The van der Waals surface area contributed by atoms with Gasteiger partial charge in [0.2, 0.25) is 0 Å². The number of halogens is 2. The Labute approximate surface area is 149 Å². The lowest BCUT2D eigenvalue weighted by molar-refractivity contribution is -0.0155. The van der Waals surface area contributed by atoms with Gasteiger partial charge in [0.1, 0.15) is 6.10 Å². The average Bonchev–Trinajstić information content (AvgIpc) is 2.59. The van der Waals surface area contributed by atoms with Crippen LogP contribution in [-0.4, -0.2) is 32.6 Å². The number of benzene rings is 2. The fraction of sp³-hybridized carbons (Fsp3) is 0.400. The third-order valence-electron chi connectivity index (χ3n) is 4.44. The van der Waals surface area contributed by atoms with Crippen molar-refractivity contribution >= 4 is 18.7 Å². The molecule has 2 rings (SSSR count). The molecule has 0 fully saturated rings. The minimum atomic E-state index is -2.75. The summed E-state index contributed by atoms with van der Waals surface area (Å²) in [7, 11) is -2.71. The smallest absolute Gasteiger partial charge is 0.264 e. The van der Waals surface area contributed by atoms with Crippen molar-refractivity contribution in [1.29, 1.82) is 0 Å². The van der Waals surface area contributed by atoms with Gasteiger partial charge >= 0.3 is 0 Å². The molecule has 1 N–H and O–H groups in total. The molecule has 0 saturated heterocycles. The lowest BCUT2D eigenvalue weighted by Gasteiger charge is -2.43. The fourth-order valence-electron chi connectivity index (χ4n) is 3.22. The molecule has 25 heavy (non-hydrogen) atoms. The third-order valence-corrected chi connectivity index (χ3v) is 9.48. The first kappa shape index (κ1) is 19.8. The number of rotatable bonds is 7. The summed E-state index contributed by atoms with van der Waals surface area (Å²) in [5.74, 6) is 0. The SMILES string of the molecule is CC(C)(C)[Si](OCCC(O)C(F)F)(c1ccccc1)c1ccccc1. The van der Waals surface area contributed by atoms with E-state index < -0.39 is 20.8 Å². The molecule has 0 amide bonds. The Hall–Kier alpha value is -1.56. The molecule has 2 aromatic carbocycles. The number of hydrogen-bond acceptors (Lipinski definition) is 2. The van der Waals surface area contributed by atoms with Crippen LogP contribution in [0.25, 0.3) is 0 Å². The van der Waals surface area contributed by atoms with Gasteiger partial charge in [0.15, 0.2) is 0 Å². The third kappa shape index (κ3) is 4.35. The molecule has 0 saturated carbocycles. The van der Waals surface area contributed by atoms with Crippen LogP contribution in [0.15, 0.2) is 60.7 Å². The molecule has 1 atom stereocenters. The van der Waals surface area contributed by atoms with Crippen LogP contribution >= 0.6 is 0 Å². The van der Waals surface area contributed by atoms with Crippen molar-refractivity contribution in [2.75, 3.05) is 6.61 Å². The summed E-state index contributed by atoms with van der Waals surface area (Å²) in [6.07, 6.45) is -4.48. The van der Waals surface area contributed by atoms with Crippen molar-refractivity contribution in [3.63, 3.8) is 0 Å². The van der Waals surface area contributed by atoms with Gasteiger partial charge in [0, 0.05) is 13.0 Å². The average molecular weight is 365 g/mol.